The van der Waals surface area contributed by atoms with Gasteiger partial charge >= 0.3 is 0 Å². The van der Waals surface area contributed by atoms with Gasteiger partial charge in [0.15, 0.2) is 11.5 Å². The summed E-state index contributed by atoms with van der Waals surface area (Å²) in [6.07, 6.45) is 47.8. The predicted molar refractivity (Wildman–Crippen MR) is 287 cm³/mol. The standard InChI is InChI=1S/C61H101NO4/c1-4-7-10-13-16-19-22-25-28-31-34-37-48-63-59-51-54(53-66-58-46-42-56(43-47-58)55-40-44-57(62)45-41-55)52-60(64-49-38-35-32-29-26-23-20-17-14-11-8-5-2)61(59)65-50-39-36-33-30-27-24-21-18-15-12-9-6-3/h40-47,51-52H,4-39,48-50,53,62H2,1-3H3. The van der Waals surface area contributed by atoms with Crippen LogP contribution in [0.5, 0.6) is 23.0 Å². The zero-order valence-corrected chi connectivity index (χ0v) is 43.3. The van der Waals surface area contributed by atoms with Gasteiger partial charge in [-0.05, 0) is 72.4 Å². The van der Waals surface area contributed by atoms with E-state index in [1.807, 2.05) is 24.3 Å². The lowest BCUT2D eigenvalue weighted by Crippen LogP contribution is -2.08. The van der Waals surface area contributed by atoms with Gasteiger partial charge < -0.3 is 24.7 Å². The molecule has 66 heavy (non-hydrogen) atoms. The minimum atomic E-state index is 0.421. The van der Waals surface area contributed by atoms with Crippen molar-refractivity contribution >= 4 is 5.69 Å². The van der Waals surface area contributed by atoms with Gasteiger partial charge in [-0.3, -0.25) is 0 Å². The van der Waals surface area contributed by atoms with Crippen LogP contribution in [0.1, 0.15) is 257 Å². The molecule has 0 unspecified atom stereocenters. The highest BCUT2D eigenvalue weighted by Crippen LogP contribution is 2.40. The summed E-state index contributed by atoms with van der Waals surface area (Å²) in [7, 11) is 0. The lowest BCUT2D eigenvalue weighted by molar-refractivity contribution is 0.232. The Morgan fingerprint density at radius 3 is 0.939 bits per heavy atom. The average molecular weight is 912 g/mol. The molecule has 2 N–H and O–H groups in total. The van der Waals surface area contributed by atoms with Crippen molar-refractivity contribution in [3.8, 4) is 34.1 Å². The molecule has 0 atom stereocenters. The second-order valence-electron chi connectivity index (χ2n) is 19.6. The summed E-state index contributed by atoms with van der Waals surface area (Å²) >= 11 is 0. The van der Waals surface area contributed by atoms with Crippen molar-refractivity contribution in [3.63, 3.8) is 0 Å². The van der Waals surface area contributed by atoms with Gasteiger partial charge in [-0.1, -0.05) is 257 Å². The van der Waals surface area contributed by atoms with E-state index in [1.54, 1.807) is 0 Å². The van der Waals surface area contributed by atoms with Crippen LogP contribution in [0.2, 0.25) is 0 Å². The third kappa shape index (κ3) is 28.7. The van der Waals surface area contributed by atoms with Crippen molar-refractivity contribution in [2.24, 2.45) is 0 Å². The lowest BCUT2D eigenvalue weighted by atomic mass is 10.1. The van der Waals surface area contributed by atoms with E-state index in [2.05, 4.69) is 57.2 Å². The summed E-state index contributed by atoms with van der Waals surface area (Å²) in [5.41, 5.74) is 10.0. The van der Waals surface area contributed by atoms with Crippen molar-refractivity contribution in [2.75, 3.05) is 25.6 Å². The van der Waals surface area contributed by atoms with Crippen LogP contribution >= 0.6 is 0 Å². The van der Waals surface area contributed by atoms with Crippen LogP contribution in [0.25, 0.3) is 11.1 Å². The number of hydrogen-bond acceptors (Lipinski definition) is 5. The van der Waals surface area contributed by atoms with E-state index in [9.17, 15) is 0 Å². The molecule has 3 aromatic carbocycles. The highest BCUT2D eigenvalue weighted by molar-refractivity contribution is 5.66. The molecule has 5 heteroatoms. The average Bonchev–Trinajstić information content (AvgIpc) is 3.33. The first-order valence-corrected chi connectivity index (χ1v) is 28.3. The van der Waals surface area contributed by atoms with Gasteiger partial charge in [-0.15, -0.1) is 0 Å². The molecule has 5 nitrogen and oxygen atoms in total. The van der Waals surface area contributed by atoms with Gasteiger partial charge in [-0.25, -0.2) is 0 Å². The number of hydrogen-bond donors (Lipinski definition) is 1. The zero-order valence-electron chi connectivity index (χ0n) is 43.3. The molecule has 0 heterocycles. The van der Waals surface area contributed by atoms with E-state index in [0.29, 0.717) is 26.4 Å². The Hall–Kier alpha value is -3.34. The van der Waals surface area contributed by atoms with Gasteiger partial charge in [0, 0.05) is 5.69 Å². The summed E-state index contributed by atoms with van der Waals surface area (Å²) in [4.78, 5) is 0. The second kappa shape index (κ2) is 40.7. The molecule has 0 aliphatic carbocycles. The minimum Gasteiger partial charge on any atom is -0.490 e. The molecule has 0 spiro atoms. The van der Waals surface area contributed by atoms with E-state index in [1.165, 1.54) is 212 Å². The first kappa shape index (κ1) is 57.0. The van der Waals surface area contributed by atoms with Gasteiger partial charge in [0.25, 0.3) is 0 Å². The summed E-state index contributed by atoms with van der Waals surface area (Å²) in [5, 5.41) is 0. The largest absolute Gasteiger partial charge is 0.490 e. The Labute approximate surface area is 407 Å². The van der Waals surface area contributed by atoms with Crippen molar-refractivity contribution in [1.29, 1.82) is 0 Å². The molecule has 0 fully saturated rings. The van der Waals surface area contributed by atoms with E-state index in [4.69, 9.17) is 24.7 Å². The molecule has 0 amide bonds. The number of nitrogens with two attached hydrogens (primary N) is 1. The Morgan fingerprint density at radius 2 is 0.606 bits per heavy atom. The molecule has 3 rings (SSSR count). The monoisotopic (exact) mass is 912 g/mol. The van der Waals surface area contributed by atoms with Gasteiger partial charge in [0.2, 0.25) is 5.75 Å². The third-order valence-electron chi connectivity index (χ3n) is 13.3. The van der Waals surface area contributed by atoms with Gasteiger partial charge in [0.1, 0.15) is 12.4 Å². The Bertz CT molecular complexity index is 1470. The quantitative estimate of drug-likeness (QED) is 0.0452. The first-order valence-electron chi connectivity index (χ1n) is 28.3. The van der Waals surface area contributed by atoms with Crippen LogP contribution in [0.4, 0.5) is 5.69 Å². The van der Waals surface area contributed by atoms with E-state index >= 15 is 0 Å². The van der Waals surface area contributed by atoms with Crippen LogP contribution in [-0.2, 0) is 6.61 Å². The molecule has 0 aliphatic heterocycles. The maximum Gasteiger partial charge on any atom is 0.203 e. The molecule has 0 bridgehead atoms. The van der Waals surface area contributed by atoms with E-state index < -0.39 is 0 Å². The molecule has 3 aromatic rings. The minimum absolute atomic E-state index is 0.421. The van der Waals surface area contributed by atoms with Crippen molar-refractivity contribution in [3.05, 3.63) is 66.2 Å². The SMILES string of the molecule is CCCCCCCCCCCCCCOc1cc(COc2ccc(-c3ccc(N)cc3)cc2)cc(OCCCCCCCCCCCCCC)c1OCCCCCCCCCCCCCC. The maximum atomic E-state index is 6.67. The van der Waals surface area contributed by atoms with Crippen LogP contribution < -0.4 is 24.7 Å². The van der Waals surface area contributed by atoms with Crippen LogP contribution in [0.3, 0.4) is 0 Å². The number of anilines is 1. The molecule has 0 saturated carbocycles. The molecule has 0 radical (unpaired) electrons. The number of nitrogen functional groups attached to an aromatic ring is 1. The molecular formula is C61H101NO4. The molecule has 0 aromatic heterocycles. The van der Waals surface area contributed by atoms with Crippen LogP contribution in [0.15, 0.2) is 60.7 Å². The van der Waals surface area contributed by atoms with Gasteiger partial charge in [-0.2, -0.15) is 0 Å². The normalized spacial score (nSPS) is 11.3. The summed E-state index contributed by atoms with van der Waals surface area (Å²) < 4.78 is 26.4. The molecular weight excluding hydrogens is 811 g/mol. The van der Waals surface area contributed by atoms with Crippen molar-refractivity contribution in [2.45, 2.75) is 259 Å². The zero-order chi connectivity index (χ0) is 46.8. The van der Waals surface area contributed by atoms with Gasteiger partial charge in [0.05, 0.1) is 19.8 Å². The smallest absolute Gasteiger partial charge is 0.203 e. The predicted octanol–water partition coefficient (Wildman–Crippen LogP) is 19.8. The Morgan fingerprint density at radius 1 is 0.318 bits per heavy atom. The summed E-state index contributed by atoms with van der Waals surface area (Å²) in [5.74, 6) is 3.19. The van der Waals surface area contributed by atoms with E-state index in [0.717, 1.165) is 64.6 Å². The highest BCUT2D eigenvalue weighted by atomic mass is 16.5. The number of benzene rings is 3. The van der Waals surface area contributed by atoms with Crippen LogP contribution in [0, 0.1) is 0 Å². The van der Waals surface area contributed by atoms with Crippen molar-refractivity contribution < 1.29 is 18.9 Å². The van der Waals surface area contributed by atoms with E-state index in [-0.39, 0.29) is 0 Å². The summed E-state index contributed by atoms with van der Waals surface area (Å²) in [6.45, 7) is 9.35. The molecule has 374 valence electrons. The molecule has 0 aliphatic rings. The summed E-state index contributed by atoms with van der Waals surface area (Å²) in [6, 6.07) is 20.6. The highest BCUT2D eigenvalue weighted by Gasteiger charge is 2.17. The fourth-order valence-corrected chi connectivity index (χ4v) is 9.02. The molecule has 0 saturated heterocycles. The lowest BCUT2D eigenvalue weighted by Gasteiger charge is -2.19. The third-order valence-corrected chi connectivity index (χ3v) is 13.3. The number of rotatable bonds is 46. The van der Waals surface area contributed by atoms with Crippen LogP contribution in [-0.4, -0.2) is 19.8 Å². The fourth-order valence-electron chi connectivity index (χ4n) is 9.02. The second-order valence-corrected chi connectivity index (χ2v) is 19.6. The maximum absolute atomic E-state index is 6.67. The Kier molecular flexibility index (Phi) is 35.1. The van der Waals surface area contributed by atoms with Crippen molar-refractivity contribution in [1.82, 2.24) is 0 Å². The topological polar surface area (TPSA) is 62.9 Å². The first-order chi connectivity index (χ1) is 32.6. The number of ether oxygens (including phenoxy) is 4. The number of unbranched alkanes of at least 4 members (excludes halogenated alkanes) is 33. The fraction of sp³-hybridized carbons (Fsp3) is 0.705. The Balaban J connectivity index is 1.60.